The van der Waals surface area contributed by atoms with Gasteiger partial charge in [0.25, 0.3) is 11.5 Å². The van der Waals surface area contributed by atoms with Crippen LogP contribution in [0.15, 0.2) is 47.7 Å². The van der Waals surface area contributed by atoms with Gasteiger partial charge < -0.3 is 10.2 Å². The predicted molar refractivity (Wildman–Crippen MR) is 110 cm³/mol. The van der Waals surface area contributed by atoms with E-state index in [1.54, 1.807) is 36.8 Å². The summed E-state index contributed by atoms with van der Waals surface area (Å²) in [5.74, 6) is -0.222. The summed E-state index contributed by atoms with van der Waals surface area (Å²) in [5, 5.41) is 12.7. The molecule has 8 nitrogen and oxygen atoms in total. The molecule has 1 fully saturated rings. The third-order valence-corrected chi connectivity index (χ3v) is 5.49. The third-order valence-electron chi connectivity index (χ3n) is 5.49. The summed E-state index contributed by atoms with van der Waals surface area (Å²) in [6, 6.07) is 7.03. The highest BCUT2D eigenvalue weighted by atomic mass is 16.2. The van der Waals surface area contributed by atoms with Crippen molar-refractivity contribution in [2.45, 2.75) is 12.8 Å². The number of aromatic nitrogens is 4. The van der Waals surface area contributed by atoms with Gasteiger partial charge in [-0.15, -0.1) is 0 Å². The highest BCUT2D eigenvalue weighted by Crippen LogP contribution is 2.21. The fourth-order valence-electron chi connectivity index (χ4n) is 4.00. The molecule has 0 bridgehead atoms. The first kappa shape index (κ1) is 17.7. The van der Waals surface area contributed by atoms with Gasteiger partial charge in [0.1, 0.15) is 0 Å². The van der Waals surface area contributed by atoms with Gasteiger partial charge in [0.2, 0.25) is 0 Å². The molecule has 8 heteroatoms. The monoisotopic (exact) mass is 388 g/mol. The Hall–Kier alpha value is -3.39. The van der Waals surface area contributed by atoms with Crippen molar-refractivity contribution in [1.82, 2.24) is 29.8 Å². The number of carbonyl (C=O) groups excluding carboxylic acids is 1. The van der Waals surface area contributed by atoms with Crippen LogP contribution in [-0.4, -0.2) is 56.6 Å². The van der Waals surface area contributed by atoms with Gasteiger partial charge in [-0.05, 0) is 44.1 Å². The van der Waals surface area contributed by atoms with E-state index in [2.05, 4.69) is 25.4 Å². The minimum absolute atomic E-state index is 0.222. The number of rotatable bonds is 4. The molecule has 1 N–H and O–H groups in total. The minimum atomic E-state index is -0.227. The minimum Gasteiger partial charge on any atom is -0.351 e. The Morgan fingerprint density at radius 2 is 1.93 bits per heavy atom. The van der Waals surface area contributed by atoms with E-state index in [0.717, 1.165) is 25.0 Å². The number of fused-ring (bicyclic) bond motifs is 4. The molecule has 0 unspecified atom stereocenters. The number of nitrogens with one attached hydrogen (secondary N) is 1. The van der Waals surface area contributed by atoms with Crippen LogP contribution in [0.3, 0.4) is 0 Å². The molecule has 3 aromatic heterocycles. The van der Waals surface area contributed by atoms with Gasteiger partial charge in [0.15, 0.2) is 5.65 Å². The van der Waals surface area contributed by atoms with E-state index >= 15 is 0 Å². The molecule has 0 spiro atoms. The molecular formula is C21H20N6O2. The molecule has 0 saturated carbocycles. The molecule has 146 valence electrons. The molecule has 0 atom stereocenters. The van der Waals surface area contributed by atoms with Crippen LogP contribution >= 0.6 is 0 Å². The summed E-state index contributed by atoms with van der Waals surface area (Å²) in [4.78, 5) is 33.0. The van der Waals surface area contributed by atoms with E-state index in [-0.39, 0.29) is 11.5 Å². The van der Waals surface area contributed by atoms with Crippen LogP contribution in [0.2, 0.25) is 0 Å². The van der Waals surface area contributed by atoms with Crippen LogP contribution in [0.4, 0.5) is 0 Å². The van der Waals surface area contributed by atoms with Crippen molar-refractivity contribution < 1.29 is 4.79 Å². The standard InChI is InChI=1S/C21H20N6O2/c28-20(22-7-11-26-8-1-2-9-26)15-4-3-10-27-19(15)25-17-6-5-14-12-23-24-13-16(14)18(17)21(27)29/h3-6,10,12-13H,1-2,7-9,11H2,(H,22,28). The molecular weight excluding hydrogens is 368 g/mol. The quantitative estimate of drug-likeness (QED) is 0.422. The number of hydrogen-bond donors (Lipinski definition) is 1. The molecule has 4 aromatic rings. The van der Waals surface area contributed by atoms with Crippen molar-refractivity contribution in [1.29, 1.82) is 0 Å². The average molecular weight is 388 g/mol. The van der Waals surface area contributed by atoms with Crippen LogP contribution in [0.5, 0.6) is 0 Å². The fourth-order valence-corrected chi connectivity index (χ4v) is 4.00. The van der Waals surface area contributed by atoms with Crippen LogP contribution in [0, 0.1) is 0 Å². The Kier molecular flexibility index (Phi) is 4.40. The van der Waals surface area contributed by atoms with Crippen molar-refractivity contribution in [2.75, 3.05) is 26.2 Å². The highest BCUT2D eigenvalue weighted by molar-refractivity contribution is 6.06. The van der Waals surface area contributed by atoms with Crippen molar-refractivity contribution in [3.8, 4) is 0 Å². The second-order valence-electron chi connectivity index (χ2n) is 7.29. The second-order valence-corrected chi connectivity index (χ2v) is 7.29. The van der Waals surface area contributed by atoms with Gasteiger partial charge >= 0.3 is 0 Å². The van der Waals surface area contributed by atoms with E-state index in [1.165, 1.54) is 17.2 Å². The van der Waals surface area contributed by atoms with Crippen LogP contribution in [0.1, 0.15) is 23.2 Å². The predicted octanol–water partition coefficient (Wildman–Crippen LogP) is 1.62. The molecule has 5 rings (SSSR count). The molecule has 0 radical (unpaired) electrons. The summed E-state index contributed by atoms with van der Waals surface area (Å²) >= 11 is 0. The summed E-state index contributed by atoms with van der Waals surface area (Å²) in [5.41, 5.74) is 1.05. The molecule has 1 saturated heterocycles. The Balaban J connectivity index is 1.55. The van der Waals surface area contributed by atoms with Crippen molar-refractivity contribution >= 4 is 33.2 Å². The summed E-state index contributed by atoms with van der Waals surface area (Å²) in [6.45, 7) is 3.58. The zero-order chi connectivity index (χ0) is 19.8. The topological polar surface area (TPSA) is 92.5 Å². The maximum atomic E-state index is 13.2. The van der Waals surface area contributed by atoms with E-state index < -0.39 is 0 Å². The largest absolute Gasteiger partial charge is 0.351 e. The summed E-state index contributed by atoms with van der Waals surface area (Å²) < 4.78 is 1.43. The Morgan fingerprint density at radius 1 is 1.10 bits per heavy atom. The van der Waals surface area contributed by atoms with Gasteiger partial charge in [-0.1, -0.05) is 6.07 Å². The first-order valence-electron chi connectivity index (χ1n) is 9.77. The number of nitrogens with zero attached hydrogens (tertiary/aromatic N) is 5. The van der Waals surface area contributed by atoms with Gasteiger partial charge in [-0.3, -0.25) is 14.0 Å². The van der Waals surface area contributed by atoms with Crippen molar-refractivity contribution in [3.05, 3.63) is 58.8 Å². The van der Waals surface area contributed by atoms with Gasteiger partial charge in [0, 0.05) is 30.1 Å². The van der Waals surface area contributed by atoms with Gasteiger partial charge in [-0.25, -0.2) is 4.98 Å². The Bertz CT molecular complexity index is 1290. The van der Waals surface area contributed by atoms with Crippen molar-refractivity contribution in [2.24, 2.45) is 0 Å². The number of likely N-dealkylation sites (tertiary alicyclic amines) is 1. The molecule has 1 aliphatic rings. The normalized spacial score (nSPS) is 14.8. The fraction of sp³-hybridized carbons (Fsp3) is 0.286. The van der Waals surface area contributed by atoms with Crippen molar-refractivity contribution in [3.63, 3.8) is 0 Å². The second kappa shape index (κ2) is 7.21. The van der Waals surface area contributed by atoms with E-state index in [9.17, 15) is 9.59 Å². The number of benzene rings is 1. The molecule has 1 aromatic carbocycles. The molecule has 1 aliphatic heterocycles. The summed E-state index contributed by atoms with van der Waals surface area (Å²) in [6.07, 6.45) is 7.27. The maximum absolute atomic E-state index is 13.2. The Morgan fingerprint density at radius 3 is 2.79 bits per heavy atom. The lowest BCUT2D eigenvalue weighted by atomic mass is 10.1. The molecule has 4 heterocycles. The molecule has 1 amide bonds. The van der Waals surface area contributed by atoms with E-state index in [0.29, 0.717) is 34.0 Å². The third kappa shape index (κ3) is 3.11. The SMILES string of the molecule is O=C(NCCN1CCCC1)c1cccn2c(=O)c3c(ccc4cnncc43)nc12. The zero-order valence-electron chi connectivity index (χ0n) is 15.8. The zero-order valence-corrected chi connectivity index (χ0v) is 15.8. The maximum Gasteiger partial charge on any atom is 0.266 e. The van der Waals surface area contributed by atoms with Gasteiger partial charge in [0.05, 0.1) is 28.9 Å². The number of carbonyl (C=O) groups is 1. The lowest BCUT2D eigenvalue weighted by molar-refractivity contribution is 0.0951. The smallest absolute Gasteiger partial charge is 0.266 e. The highest BCUT2D eigenvalue weighted by Gasteiger charge is 2.16. The van der Waals surface area contributed by atoms with Crippen LogP contribution in [-0.2, 0) is 0 Å². The van der Waals surface area contributed by atoms with Crippen LogP contribution in [0.25, 0.3) is 27.3 Å². The first-order chi connectivity index (χ1) is 14.2. The molecule has 29 heavy (non-hydrogen) atoms. The lowest BCUT2D eigenvalue weighted by Gasteiger charge is -2.15. The molecule has 0 aliphatic carbocycles. The number of hydrogen-bond acceptors (Lipinski definition) is 6. The number of amides is 1. The Labute approximate surface area is 166 Å². The lowest BCUT2D eigenvalue weighted by Crippen LogP contribution is -2.34. The number of pyridine rings is 1. The first-order valence-corrected chi connectivity index (χ1v) is 9.77. The van der Waals surface area contributed by atoms with Crippen LogP contribution < -0.4 is 10.9 Å². The summed E-state index contributed by atoms with van der Waals surface area (Å²) in [7, 11) is 0. The van der Waals surface area contributed by atoms with Gasteiger partial charge in [-0.2, -0.15) is 10.2 Å². The average Bonchev–Trinajstić information content (AvgIpc) is 3.26. The van der Waals surface area contributed by atoms with E-state index in [1.807, 2.05) is 6.07 Å². The van der Waals surface area contributed by atoms with E-state index in [4.69, 9.17) is 0 Å².